The lowest BCUT2D eigenvalue weighted by Crippen LogP contribution is -2.51. The lowest BCUT2D eigenvalue weighted by atomic mass is 10.2. The van der Waals surface area contributed by atoms with Crippen LogP contribution in [0.1, 0.15) is 0 Å². The fourth-order valence-corrected chi connectivity index (χ4v) is 2.29. The number of nitrogens with one attached hydrogen (secondary N) is 1. The van der Waals surface area contributed by atoms with E-state index >= 15 is 0 Å². The SMILES string of the molecule is CNC(=S)N1CCN(c2ccc(Cl)cc2)CC1. The second-order valence-electron chi connectivity index (χ2n) is 4.01. The molecule has 5 heteroatoms. The van der Waals surface area contributed by atoms with Crippen molar-refractivity contribution in [2.75, 3.05) is 38.1 Å². The van der Waals surface area contributed by atoms with Gasteiger partial charge >= 0.3 is 0 Å². The van der Waals surface area contributed by atoms with Crippen LogP contribution in [0.25, 0.3) is 0 Å². The summed E-state index contributed by atoms with van der Waals surface area (Å²) < 4.78 is 0. The third kappa shape index (κ3) is 3.01. The van der Waals surface area contributed by atoms with Crippen molar-refractivity contribution < 1.29 is 0 Å². The van der Waals surface area contributed by atoms with Crippen molar-refractivity contribution in [1.29, 1.82) is 0 Å². The van der Waals surface area contributed by atoms with Crippen LogP contribution < -0.4 is 10.2 Å². The first-order valence-corrected chi connectivity index (χ1v) is 6.46. The van der Waals surface area contributed by atoms with Gasteiger partial charge in [0.2, 0.25) is 0 Å². The molecule has 0 aliphatic carbocycles. The molecule has 0 atom stereocenters. The highest BCUT2D eigenvalue weighted by Gasteiger charge is 2.18. The number of thiocarbonyl (C=S) groups is 1. The molecule has 0 saturated carbocycles. The first-order valence-electron chi connectivity index (χ1n) is 5.68. The van der Waals surface area contributed by atoms with E-state index in [9.17, 15) is 0 Å². The average Bonchev–Trinajstić information content (AvgIpc) is 2.39. The van der Waals surface area contributed by atoms with Crippen LogP contribution in [-0.4, -0.2) is 43.2 Å². The average molecular weight is 270 g/mol. The summed E-state index contributed by atoms with van der Waals surface area (Å²) in [5, 5.41) is 4.63. The lowest BCUT2D eigenvalue weighted by Gasteiger charge is -2.37. The maximum Gasteiger partial charge on any atom is 0.168 e. The summed E-state index contributed by atoms with van der Waals surface area (Å²) in [7, 11) is 1.87. The van der Waals surface area contributed by atoms with Crippen LogP contribution in [0.3, 0.4) is 0 Å². The van der Waals surface area contributed by atoms with Gasteiger partial charge in [-0.25, -0.2) is 0 Å². The van der Waals surface area contributed by atoms with Gasteiger partial charge in [-0.2, -0.15) is 0 Å². The Balaban J connectivity index is 1.95. The van der Waals surface area contributed by atoms with E-state index < -0.39 is 0 Å². The molecular weight excluding hydrogens is 254 g/mol. The molecule has 0 unspecified atom stereocenters. The van der Waals surface area contributed by atoms with Crippen molar-refractivity contribution in [2.24, 2.45) is 0 Å². The van der Waals surface area contributed by atoms with E-state index in [1.54, 1.807) is 0 Å². The van der Waals surface area contributed by atoms with Crippen molar-refractivity contribution in [1.82, 2.24) is 10.2 Å². The van der Waals surface area contributed by atoms with Crippen molar-refractivity contribution >= 4 is 34.6 Å². The molecule has 1 aromatic carbocycles. The number of hydrogen-bond acceptors (Lipinski definition) is 2. The molecule has 0 radical (unpaired) electrons. The molecule has 1 saturated heterocycles. The molecular formula is C12H16ClN3S. The normalized spacial score (nSPS) is 15.9. The second-order valence-corrected chi connectivity index (χ2v) is 4.83. The molecule has 0 bridgehead atoms. The number of piperazine rings is 1. The molecule has 0 spiro atoms. The van der Waals surface area contributed by atoms with Crippen molar-refractivity contribution in [3.63, 3.8) is 0 Å². The summed E-state index contributed by atoms with van der Waals surface area (Å²) in [5.74, 6) is 0. The quantitative estimate of drug-likeness (QED) is 0.786. The zero-order chi connectivity index (χ0) is 12.3. The van der Waals surface area contributed by atoms with Crippen LogP contribution in [0, 0.1) is 0 Å². The predicted molar refractivity (Wildman–Crippen MR) is 76.9 cm³/mol. The van der Waals surface area contributed by atoms with Crippen molar-refractivity contribution in [2.45, 2.75) is 0 Å². The number of anilines is 1. The third-order valence-electron chi connectivity index (χ3n) is 2.97. The Hall–Kier alpha value is -1.00. The molecule has 2 rings (SSSR count). The first-order chi connectivity index (χ1) is 8.20. The Bertz CT molecular complexity index is 385. The minimum absolute atomic E-state index is 0.781. The van der Waals surface area contributed by atoms with Crippen LogP contribution in [0.2, 0.25) is 5.02 Å². The fourth-order valence-electron chi connectivity index (χ4n) is 1.98. The summed E-state index contributed by atoms with van der Waals surface area (Å²) in [5.41, 5.74) is 1.23. The van der Waals surface area contributed by atoms with E-state index in [2.05, 4.69) is 27.2 Å². The van der Waals surface area contributed by atoms with Crippen LogP contribution in [0.5, 0.6) is 0 Å². The van der Waals surface area contributed by atoms with Gasteiger partial charge in [-0.1, -0.05) is 11.6 Å². The highest BCUT2D eigenvalue weighted by Crippen LogP contribution is 2.19. The summed E-state index contributed by atoms with van der Waals surface area (Å²) in [6, 6.07) is 7.99. The Kier molecular flexibility index (Phi) is 4.07. The van der Waals surface area contributed by atoms with E-state index in [4.69, 9.17) is 23.8 Å². The zero-order valence-corrected chi connectivity index (χ0v) is 11.4. The molecule has 1 aliphatic heterocycles. The number of halogens is 1. The molecule has 1 heterocycles. The van der Waals surface area contributed by atoms with E-state index in [-0.39, 0.29) is 0 Å². The van der Waals surface area contributed by atoms with Gasteiger partial charge in [-0.15, -0.1) is 0 Å². The summed E-state index contributed by atoms with van der Waals surface area (Å²) in [6.45, 7) is 3.90. The second kappa shape index (κ2) is 5.56. The molecule has 1 aliphatic rings. The van der Waals surface area contributed by atoms with E-state index in [0.29, 0.717) is 0 Å². The number of rotatable bonds is 1. The maximum absolute atomic E-state index is 5.88. The van der Waals surface area contributed by atoms with Crippen LogP contribution in [-0.2, 0) is 0 Å². The molecule has 1 fully saturated rings. The molecule has 3 nitrogen and oxygen atoms in total. The van der Waals surface area contributed by atoms with Crippen LogP contribution >= 0.6 is 23.8 Å². The van der Waals surface area contributed by atoms with E-state index in [0.717, 1.165) is 36.3 Å². The van der Waals surface area contributed by atoms with Gasteiger partial charge in [0.1, 0.15) is 0 Å². The highest BCUT2D eigenvalue weighted by atomic mass is 35.5. The van der Waals surface area contributed by atoms with Gasteiger partial charge in [0, 0.05) is 43.9 Å². The summed E-state index contributed by atoms with van der Waals surface area (Å²) in [6.07, 6.45) is 0. The predicted octanol–water partition coefficient (Wildman–Crippen LogP) is 1.97. The van der Waals surface area contributed by atoms with Gasteiger partial charge in [0.15, 0.2) is 5.11 Å². The van der Waals surface area contributed by atoms with Crippen molar-refractivity contribution in [3.05, 3.63) is 29.3 Å². The molecule has 17 heavy (non-hydrogen) atoms. The smallest absolute Gasteiger partial charge is 0.168 e. The summed E-state index contributed by atoms with van der Waals surface area (Å²) in [4.78, 5) is 4.55. The topological polar surface area (TPSA) is 18.5 Å². The minimum Gasteiger partial charge on any atom is -0.368 e. The van der Waals surface area contributed by atoms with E-state index in [1.807, 2.05) is 19.2 Å². The Morgan fingerprint density at radius 2 is 1.76 bits per heavy atom. The molecule has 0 amide bonds. The van der Waals surface area contributed by atoms with Crippen molar-refractivity contribution in [3.8, 4) is 0 Å². The van der Waals surface area contributed by atoms with Gasteiger partial charge in [-0.3, -0.25) is 0 Å². The molecule has 0 aromatic heterocycles. The zero-order valence-electron chi connectivity index (χ0n) is 9.82. The minimum atomic E-state index is 0.781. The lowest BCUT2D eigenvalue weighted by molar-refractivity contribution is 0.383. The number of nitrogens with zero attached hydrogens (tertiary/aromatic N) is 2. The first kappa shape index (κ1) is 12.5. The van der Waals surface area contributed by atoms with Crippen LogP contribution in [0.4, 0.5) is 5.69 Å². The van der Waals surface area contributed by atoms with Gasteiger partial charge in [0.05, 0.1) is 0 Å². The molecule has 92 valence electrons. The largest absolute Gasteiger partial charge is 0.368 e. The monoisotopic (exact) mass is 269 g/mol. The fraction of sp³-hybridized carbons (Fsp3) is 0.417. The molecule has 1 aromatic rings. The van der Waals surface area contributed by atoms with E-state index in [1.165, 1.54) is 5.69 Å². The van der Waals surface area contributed by atoms with Crippen LogP contribution in [0.15, 0.2) is 24.3 Å². The summed E-state index contributed by atoms with van der Waals surface area (Å²) >= 11 is 11.1. The highest BCUT2D eigenvalue weighted by molar-refractivity contribution is 7.80. The Morgan fingerprint density at radius 3 is 2.29 bits per heavy atom. The standard InChI is InChI=1S/C12H16ClN3S/c1-14-12(17)16-8-6-15(7-9-16)11-4-2-10(13)3-5-11/h2-5H,6-9H2,1H3,(H,14,17). The third-order valence-corrected chi connectivity index (χ3v) is 3.69. The Labute approximate surface area is 112 Å². The maximum atomic E-state index is 5.88. The number of hydrogen-bond donors (Lipinski definition) is 1. The van der Waals surface area contributed by atoms with Gasteiger partial charge in [-0.05, 0) is 36.5 Å². The van der Waals surface area contributed by atoms with Gasteiger partial charge in [0.25, 0.3) is 0 Å². The molecule has 1 N–H and O–H groups in total. The Morgan fingerprint density at radius 1 is 1.18 bits per heavy atom. The van der Waals surface area contributed by atoms with Gasteiger partial charge < -0.3 is 15.1 Å². The number of benzene rings is 1.